The van der Waals surface area contributed by atoms with Gasteiger partial charge in [-0.1, -0.05) is 25.1 Å². The molecule has 0 aliphatic heterocycles. The number of nitrogens with one attached hydrogen (secondary N) is 1. The number of hydrazine groups is 1. The van der Waals surface area contributed by atoms with E-state index in [1.807, 2.05) is 12.1 Å². The molecule has 3 heteroatoms. The monoisotopic (exact) mass is 222 g/mol. The van der Waals surface area contributed by atoms with Gasteiger partial charge in [-0.15, -0.1) is 0 Å². The Morgan fingerprint density at radius 2 is 2.12 bits per heavy atom. The largest absolute Gasteiger partial charge is 0.271 e. The number of rotatable bonds is 5. The molecular formula is C13H19FN2. The summed E-state index contributed by atoms with van der Waals surface area (Å²) in [7, 11) is 0. The maximum absolute atomic E-state index is 13.5. The number of halogens is 1. The van der Waals surface area contributed by atoms with Crippen molar-refractivity contribution in [3.63, 3.8) is 0 Å². The highest BCUT2D eigenvalue weighted by molar-refractivity contribution is 5.18. The third-order valence-corrected chi connectivity index (χ3v) is 3.61. The van der Waals surface area contributed by atoms with E-state index >= 15 is 0 Å². The third-order valence-electron chi connectivity index (χ3n) is 3.61. The minimum atomic E-state index is -0.134. The molecule has 2 unspecified atom stereocenters. The summed E-state index contributed by atoms with van der Waals surface area (Å²) in [4.78, 5) is 0. The first-order valence-corrected chi connectivity index (χ1v) is 5.92. The summed E-state index contributed by atoms with van der Waals surface area (Å²) in [5.74, 6) is 6.72. The highest BCUT2D eigenvalue weighted by Crippen LogP contribution is 2.38. The Bertz CT molecular complexity index is 350. The normalized spacial score (nSPS) is 19.4. The van der Waals surface area contributed by atoms with Gasteiger partial charge in [0, 0.05) is 6.04 Å². The summed E-state index contributed by atoms with van der Waals surface area (Å²) >= 11 is 0. The van der Waals surface area contributed by atoms with E-state index in [1.165, 1.54) is 18.9 Å². The summed E-state index contributed by atoms with van der Waals surface area (Å²) in [6.07, 6.45) is 3.24. The molecule has 2 rings (SSSR count). The Morgan fingerprint density at radius 1 is 1.44 bits per heavy atom. The van der Waals surface area contributed by atoms with Crippen molar-refractivity contribution in [2.75, 3.05) is 0 Å². The zero-order valence-corrected chi connectivity index (χ0v) is 9.62. The predicted octanol–water partition coefficient (Wildman–Crippen LogP) is 2.25. The maximum atomic E-state index is 13.5. The van der Waals surface area contributed by atoms with E-state index in [0.717, 1.165) is 11.5 Å². The van der Waals surface area contributed by atoms with E-state index in [1.54, 1.807) is 6.07 Å². The maximum Gasteiger partial charge on any atom is 0.126 e. The fourth-order valence-electron chi connectivity index (χ4n) is 2.25. The van der Waals surface area contributed by atoms with Crippen LogP contribution in [0.4, 0.5) is 4.39 Å². The van der Waals surface area contributed by atoms with E-state index in [9.17, 15) is 4.39 Å². The second-order valence-corrected chi connectivity index (χ2v) is 4.77. The molecule has 1 aliphatic carbocycles. The molecule has 0 bridgehead atoms. The van der Waals surface area contributed by atoms with Crippen molar-refractivity contribution in [2.45, 2.75) is 32.2 Å². The van der Waals surface area contributed by atoms with Crippen LogP contribution in [0.3, 0.4) is 0 Å². The molecule has 16 heavy (non-hydrogen) atoms. The standard InChI is InChI=1S/C13H19FN2/c1-9(10-6-7-10)13(16-15)8-11-4-2-3-5-12(11)14/h2-5,9-10,13,16H,6-8,15H2,1H3. The second kappa shape index (κ2) is 4.93. The van der Waals surface area contributed by atoms with Crippen molar-refractivity contribution in [2.24, 2.45) is 17.7 Å². The summed E-state index contributed by atoms with van der Waals surface area (Å²) in [6.45, 7) is 2.20. The lowest BCUT2D eigenvalue weighted by Crippen LogP contribution is -2.42. The highest BCUT2D eigenvalue weighted by atomic mass is 19.1. The van der Waals surface area contributed by atoms with Gasteiger partial charge in [0.15, 0.2) is 0 Å². The van der Waals surface area contributed by atoms with Crippen LogP contribution in [0.5, 0.6) is 0 Å². The molecule has 2 atom stereocenters. The number of hydrogen-bond donors (Lipinski definition) is 2. The van der Waals surface area contributed by atoms with Gasteiger partial charge in [-0.05, 0) is 42.7 Å². The van der Waals surface area contributed by atoms with Gasteiger partial charge in [-0.2, -0.15) is 0 Å². The summed E-state index contributed by atoms with van der Waals surface area (Å²) in [5.41, 5.74) is 3.58. The van der Waals surface area contributed by atoms with Gasteiger partial charge < -0.3 is 0 Å². The first kappa shape index (κ1) is 11.6. The van der Waals surface area contributed by atoms with E-state index in [-0.39, 0.29) is 11.9 Å². The minimum absolute atomic E-state index is 0.134. The van der Waals surface area contributed by atoms with E-state index in [2.05, 4.69) is 12.3 Å². The van der Waals surface area contributed by atoms with Crippen LogP contribution in [0.1, 0.15) is 25.3 Å². The molecule has 1 aromatic rings. The first-order valence-electron chi connectivity index (χ1n) is 5.92. The van der Waals surface area contributed by atoms with Crippen LogP contribution in [-0.4, -0.2) is 6.04 Å². The fourth-order valence-corrected chi connectivity index (χ4v) is 2.25. The lowest BCUT2D eigenvalue weighted by molar-refractivity contribution is 0.340. The zero-order valence-electron chi connectivity index (χ0n) is 9.62. The Hall–Kier alpha value is -0.930. The average Bonchev–Trinajstić information content (AvgIpc) is 3.11. The Kier molecular flexibility index (Phi) is 3.56. The molecule has 88 valence electrons. The molecule has 0 heterocycles. The molecule has 0 saturated heterocycles. The molecule has 0 amide bonds. The van der Waals surface area contributed by atoms with Gasteiger partial charge in [0.25, 0.3) is 0 Å². The zero-order chi connectivity index (χ0) is 11.5. The number of benzene rings is 1. The Labute approximate surface area is 96.0 Å². The smallest absolute Gasteiger partial charge is 0.126 e. The highest BCUT2D eigenvalue weighted by Gasteiger charge is 2.33. The molecule has 1 saturated carbocycles. The molecule has 1 aromatic carbocycles. The third kappa shape index (κ3) is 2.60. The van der Waals surface area contributed by atoms with Crippen LogP contribution in [0, 0.1) is 17.7 Å². The Balaban J connectivity index is 2.03. The van der Waals surface area contributed by atoms with Crippen LogP contribution in [0.2, 0.25) is 0 Å². The van der Waals surface area contributed by atoms with Crippen molar-refractivity contribution >= 4 is 0 Å². The molecule has 1 fully saturated rings. The molecule has 0 spiro atoms. The molecule has 3 N–H and O–H groups in total. The van der Waals surface area contributed by atoms with E-state index < -0.39 is 0 Å². The lowest BCUT2D eigenvalue weighted by atomic mass is 9.91. The topological polar surface area (TPSA) is 38.0 Å². The predicted molar refractivity (Wildman–Crippen MR) is 63.1 cm³/mol. The quantitative estimate of drug-likeness (QED) is 0.592. The van der Waals surface area contributed by atoms with Crippen LogP contribution < -0.4 is 11.3 Å². The number of hydrogen-bond acceptors (Lipinski definition) is 2. The average molecular weight is 222 g/mol. The van der Waals surface area contributed by atoms with Crippen molar-refractivity contribution in [1.29, 1.82) is 0 Å². The lowest BCUT2D eigenvalue weighted by Gasteiger charge is -2.23. The van der Waals surface area contributed by atoms with Gasteiger partial charge in [-0.25, -0.2) is 4.39 Å². The van der Waals surface area contributed by atoms with Gasteiger partial charge in [0.05, 0.1) is 0 Å². The molecule has 1 aliphatic rings. The number of nitrogens with two attached hydrogens (primary N) is 1. The van der Waals surface area contributed by atoms with Gasteiger partial charge in [0.2, 0.25) is 0 Å². The van der Waals surface area contributed by atoms with Gasteiger partial charge >= 0.3 is 0 Å². The molecular weight excluding hydrogens is 203 g/mol. The van der Waals surface area contributed by atoms with E-state index in [0.29, 0.717) is 12.3 Å². The van der Waals surface area contributed by atoms with Crippen molar-refractivity contribution in [3.8, 4) is 0 Å². The SMILES string of the molecule is CC(C1CC1)C(Cc1ccccc1F)NN. The van der Waals surface area contributed by atoms with Gasteiger partial charge in [0.1, 0.15) is 5.82 Å². The summed E-state index contributed by atoms with van der Waals surface area (Å²) in [5, 5.41) is 0. The second-order valence-electron chi connectivity index (χ2n) is 4.77. The van der Waals surface area contributed by atoms with Crippen molar-refractivity contribution in [3.05, 3.63) is 35.6 Å². The Morgan fingerprint density at radius 3 is 2.69 bits per heavy atom. The van der Waals surface area contributed by atoms with Gasteiger partial charge in [-0.3, -0.25) is 11.3 Å². The summed E-state index contributed by atoms with van der Waals surface area (Å²) in [6, 6.07) is 7.09. The minimum Gasteiger partial charge on any atom is -0.271 e. The van der Waals surface area contributed by atoms with Crippen molar-refractivity contribution in [1.82, 2.24) is 5.43 Å². The molecule has 0 radical (unpaired) electrons. The van der Waals surface area contributed by atoms with Crippen LogP contribution in [0.15, 0.2) is 24.3 Å². The van der Waals surface area contributed by atoms with Crippen LogP contribution in [-0.2, 0) is 6.42 Å². The summed E-state index contributed by atoms with van der Waals surface area (Å²) < 4.78 is 13.5. The molecule has 2 nitrogen and oxygen atoms in total. The van der Waals surface area contributed by atoms with E-state index in [4.69, 9.17) is 5.84 Å². The fraction of sp³-hybridized carbons (Fsp3) is 0.538. The molecule has 0 aromatic heterocycles. The van der Waals surface area contributed by atoms with Crippen LogP contribution in [0.25, 0.3) is 0 Å². The van der Waals surface area contributed by atoms with Crippen LogP contribution >= 0.6 is 0 Å². The first-order chi connectivity index (χ1) is 7.72. The van der Waals surface area contributed by atoms with Crippen molar-refractivity contribution < 1.29 is 4.39 Å².